The molecule has 0 aliphatic carbocycles. The Morgan fingerprint density at radius 1 is 1.36 bits per heavy atom. The molecule has 1 fully saturated rings. The summed E-state index contributed by atoms with van der Waals surface area (Å²) in [7, 11) is 1.83. The number of aromatic nitrogens is 3. The number of thiazole rings is 1. The lowest BCUT2D eigenvalue weighted by atomic mass is 10.3. The lowest BCUT2D eigenvalue weighted by Gasteiger charge is -2.34. The predicted molar refractivity (Wildman–Crippen MR) is 87.3 cm³/mol. The summed E-state index contributed by atoms with van der Waals surface area (Å²) in [5.74, 6) is 0.745. The second-order valence-corrected chi connectivity index (χ2v) is 6.29. The molecule has 0 saturated carbocycles. The van der Waals surface area contributed by atoms with E-state index >= 15 is 0 Å². The highest BCUT2D eigenvalue weighted by Gasteiger charge is 2.20. The number of anilines is 2. The van der Waals surface area contributed by atoms with E-state index in [0.717, 1.165) is 42.8 Å². The van der Waals surface area contributed by atoms with Gasteiger partial charge in [-0.15, -0.1) is 11.3 Å². The molecule has 2 aromatic heterocycles. The summed E-state index contributed by atoms with van der Waals surface area (Å²) in [5.41, 5.74) is 0.898. The monoisotopic (exact) mass is 320 g/mol. The second-order valence-electron chi connectivity index (χ2n) is 5.42. The van der Waals surface area contributed by atoms with E-state index in [0.29, 0.717) is 6.54 Å². The van der Waals surface area contributed by atoms with Crippen molar-refractivity contribution in [3.05, 3.63) is 23.3 Å². The number of carbonyl (C=O) groups is 1. The van der Waals surface area contributed by atoms with Gasteiger partial charge in [-0.1, -0.05) is 0 Å². The molecule has 3 heterocycles. The van der Waals surface area contributed by atoms with Crippen LogP contribution in [0.4, 0.5) is 10.9 Å². The largest absolute Gasteiger partial charge is 0.346 e. The SMILES string of the molecule is Cc1cc(NC(=O)CN2CCN(c3nccs3)CC2)n(C)n1. The number of nitrogens with one attached hydrogen (secondary N) is 1. The Labute approximate surface area is 133 Å². The van der Waals surface area contributed by atoms with Crippen molar-refractivity contribution in [2.45, 2.75) is 6.92 Å². The summed E-state index contributed by atoms with van der Waals surface area (Å²) in [6.07, 6.45) is 1.83. The third-order valence-corrected chi connectivity index (χ3v) is 4.53. The average molecular weight is 320 g/mol. The normalized spacial score (nSPS) is 16.0. The van der Waals surface area contributed by atoms with Gasteiger partial charge in [-0.3, -0.25) is 14.4 Å². The minimum absolute atomic E-state index is 0.00528. The van der Waals surface area contributed by atoms with Crippen LogP contribution in [0.5, 0.6) is 0 Å². The number of carbonyl (C=O) groups excluding carboxylic acids is 1. The molecular formula is C14H20N6OS. The first-order valence-electron chi connectivity index (χ1n) is 7.29. The molecule has 2 aromatic rings. The van der Waals surface area contributed by atoms with Crippen LogP contribution < -0.4 is 10.2 Å². The van der Waals surface area contributed by atoms with Crippen molar-refractivity contribution in [3.63, 3.8) is 0 Å². The molecule has 0 atom stereocenters. The highest BCUT2D eigenvalue weighted by molar-refractivity contribution is 7.13. The zero-order chi connectivity index (χ0) is 15.5. The molecule has 0 radical (unpaired) electrons. The molecule has 1 amide bonds. The Balaban J connectivity index is 1.48. The van der Waals surface area contributed by atoms with Crippen LogP contribution in [0.2, 0.25) is 0 Å². The number of piperazine rings is 1. The molecule has 1 aliphatic heterocycles. The maximum atomic E-state index is 12.1. The molecule has 0 spiro atoms. The minimum Gasteiger partial charge on any atom is -0.346 e. The number of aryl methyl sites for hydroxylation is 2. The number of hydrogen-bond acceptors (Lipinski definition) is 6. The van der Waals surface area contributed by atoms with Gasteiger partial charge in [-0.25, -0.2) is 4.98 Å². The first kappa shape index (κ1) is 15.0. The summed E-state index contributed by atoms with van der Waals surface area (Å²) in [4.78, 5) is 20.9. The van der Waals surface area contributed by atoms with Gasteiger partial charge in [-0.05, 0) is 6.92 Å². The molecule has 118 valence electrons. The summed E-state index contributed by atoms with van der Waals surface area (Å²) < 4.78 is 1.69. The maximum absolute atomic E-state index is 12.1. The lowest BCUT2D eigenvalue weighted by molar-refractivity contribution is -0.117. The Kier molecular flexibility index (Phi) is 4.39. The van der Waals surface area contributed by atoms with E-state index in [1.165, 1.54) is 0 Å². The average Bonchev–Trinajstić information content (AvgIpc) is 3.10. The van der Waals surface area contributed by atoms with Crippen molar-refractivity contribution in [1.29, 1.82) is 0 Å². The van der Waals surface area contributed by atoms with Crippen molar-refractivity contribution < 1.29 is 4.79 Å². The highest BCUT2D eigenvalue weighted by atomic mass is 32.1. The minimum atomic E-state index is 0.00528. The number of rotatable bonds is 4. The van der Waals surface area contributed by atoms with Crippen LogP contribution >= 0.6 is 11.3 Å². The Hall–Kier alpha value is -1.93. The van der Waals surface area contributed by atoms with Crippen LogP contribution in [0.25, 0.3) is 0 Å². The molecular weight excluding hydrogens is 300 g/mol. The second kappa shape index (κ2) is 6.45. The van der Waals surface area contributed by atoms with Crippen LogP contribution in [0.1, 0.15) is 5.69 Å². The van der Waals surface area contributed by atoms with Crippen LogP contribution in [0.3, 0.4) is 0 Å². The number of hydrogen-bond donors (Lipinski definition) is 1. The predicted octanol–water partition coefficient (Wildman–Crippen LogP) is 0.946. The standard InChI is InChI=1S/C14H20N6OS/c1-11-9-12(18(2)17-11)16-13(21)10-19-4-6-20(7-5-19)14-15-3-8-22-14/h3,8-9H,4-7,10H2,1-2H3,(H,16,21). The van der Waals surface area contributed by atoms with Gasteiger partial charge in [-0.2, -0.15) is 5.10 Å². The highest BCUT2D eigenvalue weighted by Crippen LogP contribution is 2.18. The maximum Gasteiger partial charge on any atom is 0.239 e. The van der Waals surface area contributed by atoms with Gasteiger partial charge in [0.15, 0.2) is 5.13 Å². The molecule has 0 unspecified atom stereocenters. The van der Waals surface area contributed by atoms with Crippen molar-refractivity contribution in [1.82, 2.24) is 19.7 Å². The molecule has 0 bridgehead atoms. The van der Waals surface area contributed by atoms with Gasteiger partial charge in [0, 0.05) is 50.9 Å². The van der Waals surface area contributed by atoms with Crippen molar-refractivity contribution in [3.8, 4) is 0 Å². The summed E-state index contributed by atoms with van der Waals surface area (Å²) in [6, 6.07) is 1.87. The Morgan fingerprint density at radius 2 is 2.14 bits per heavy atom. The Bertz CT molecular complexity index is 630. The zero-order valence-electron chi connectivity index (χ0n) is 12.8. The van der Waals surface area contributed by atoms with Gasteiger partial charge in [0.1, 0.15) is 5.82 Å². The van der Waals surface area contributed by atoms with E-state index in [2.05, 4.69) is 25.2 Å². The van der Waals surface area contributed by atoms with Crippen LogP contribution in [-0.2, 0) is 11.8 Å². The van der Waals surface area contributed by atoms with E-state index in [1.807, 2.05) is 31.6 Å². The molecule has 3 rings (SSSR count). The topological polar surface area (TPSA) is 66.3 Å². The fourth-order valence-corrected chi connectivity index (χ4v) is 3.28. The first-order chi connectivity index (χ1) is 10.6. The van der Waals surface area contributed by atoms with E-state index < -0.39 is 0 Å². The molecule has 0 aromatic carbocycles. The van der Waals surface area contributed by atoms with Gasteiger partial charge in [0.25, 0.3) is 0 Å². The first-order valence-corrected chi connectivity index (χ1v) is 8.17. The molecule has 22 heavy (non-hydrogen) atoms. The summed E-state index contributed by atoms with van der Waals surface area (Å²) in [6.45, 7) is 5.88. The van der Waals surface area contributed by atoms with Crippen LogP contribution in [0.15, 0.2) is 17.6 Å². The molecule has 7 nitrogen and oxygen atoms in total. The van der Waals surface area contributed by atoms with Crippen LogP contribution in [0, 0.1) is 6.92 Å². The van der Waals surface area contributed by atoms with E-state index in [1.54, 1.807) is 16.0 Å². The van der Waals surface area contributed by atoms with E-state index in [-0.39, 0.29) is 5.91 Å². The fourth-order valence-electron chi connectivity index (χ4n) is 2.58. The number of nitrogens with zero attached hydrogens (tertiary/aromatic N) is 5. The fraction of sp³-hybridized carbons (Fsp3) is 0.500. The van der Waals surface area contributed by atoms with Gasteiger partial charge < -0.3 is 10.2 Å². The zero-order valence-corrected chi connectivity index (χ0v) is 13.6. The molecule has 1 aliphatic rings. The van der Waals surface area contributed by atoms with E-state index in [9.17, 15) is 4.79 Å². The number of amides is 1. The van der Waals surface area contributed by atoms with Crippen molar-refractivity contribution in [2.24, 2.45) is 7.05 Å². The van der Waals surface area contributed by atoms with E-state index in [4.69, 9.17) is 0 Å². The van der Waals surface area contributed by atoms with Crippen LogP contribution in [-0.4, -0.2) is 58.3 Å². The molecule has 1 saturated heterocycles. The summed E-state index contributed by atoms with van der Waals surface area (Å²) >= 11 is 1.66. The lowest BCUT2D eigenvalue weighted by Crippen LogP contribution is -2.48. The molecule has 8 heteroatoms. The third-order valence-electron chi connectivity index (χ3n) is 3.70. The third kappa shape index (κ3) is 3.45. The van der Waals surface area contributed by atoms with Crippen molar-refractivity contribution in [2.75, 3.05) is 42.9 Å². The van der Waals surface area contributed by atoms with Gasteiger partial charge in [0.2, 0.25) is 5.91 Å². The van der Waals surface area contributed by atoms with Gasteiger partial charge >= 0.3 is 0 Å². The van der Waals surface area contributed by atoms with Crippen molar-refractivity contribution >= 4 is 28.2 Å². The Morgan fingerprint density at radius 3 is 2.73 bits per heavy atom. The summed E-state index contributed by atoms with van der Waals surface area (Å²) in [5, 5.41) is 10.2. The molecule has 1 N–H and O–H groups in total. The smallest absolute Gasteiger partial charge is 0.239 e. The quantitative estimate of drug-likeness (QED) is 0.908. The van der Waals surface area contributed by atoms with Gasteiger partial charge in [0.05, 0.1) is 12.2 Å².